The zero-order valence-corrected chi connectivity index (χ0v) is 15.8. The number of hydrogen-bond acceptors (Lipinski definition) is 2. The van der Waals surface area contributed by atoms with Crippen LogP contribution in [0.15, 0.2) is 55.1 Å². The Morgan fingerprint density at radius 1 is 1.08 bits per heavy atom. The van der Waals surface area contributed by atoms with Gasteiger partial charge < -0.3 is 4.74 Å². The summed E-state index contributed by atoms with van der Waals surface area (Å²) >= 11 is 0. The zero-order valence-electron chi connectivity index (χ0n) is 15.8. The van der Waals surface area contributed by atoms with Crippen molar-refractivity contribution in [3.8, 4) is 5.75 Å². The van der Waals surface area contributed by atoms with E-state index < -0.39 is 0 Å². The summed E-state index contributed by atoms with van der Waals surface area (Å²) in [6.07, 6.45) is 6.31. The minimum absolute atomic E-state index is 0.300. The van der Waals surface area contributed by atoms with Crippen molar-refractivity contribution in [1.29, 1.82) is 0 Å². The van der Waals surface area contributed by atoms with Gasteiger partial charge in [0, 0.05) is 6.92 Å². The maximum atomic E-state index is 11.0. The summed E-state index contributed by atoms with van der Waals surface area (Å²) in [7, 11) is 0. The average Bonchev–Trinajstić information content (AvgIpc) is 2.99. The highest BCUT2D eigenvalue weighted by Crippen LogP contribution is 2.17. The fourth-order valence-electron chi connectivity index (χ4n) is 3.31. The Balaban J connectivity index is 1.69. The van der Waals surface area contributed by atoms with Crippen LogP contribution in [0.2, 0.25) is 0 Å². The van der Waals surface area contributed by atoms with E-state index in [4.69, 9.17) is 4.74 Å². The second-order valence-corrected chi connectivity index (χ2v) is 6.87. The van der Waals surface area contributed by atoms with E-state index >= 15 is 0 Å². The Kier molecular flexibility index (Phi) is 5.21. The normalized spacial score (nSPS) is 10.8. The molecule has 0 aliphatic heterocycles. The molecule has 0 radical (unpaired) electrons. The van der Waals surface area contributed by atoms with Crippen molar-refractivity contribution in [2.45, 2.75) is 40.8 Å². The van der Waals surface area contributed by atoms with Gasteiger partial charge in [-0.25, -0.2) is 9.13 Å². The molecule has 134 valence electrons. The molecular weight excluding hydrogens is 324 g/mol. The van der Waals surface area contributed by atoms with Crippen LogP contribution in [0.4, 0.5) is 0 Å². The summed E-state index contributed by atoms with van der Waals surface area (Å²) in [5.74, 6) is 0.278. The molecular formula is C22H25N2O2+. The summed E-state index contributed by atoms with van der Waals surface area (Å²) in [6.45, 7) is 9.55. The Hall–Kier alpha value is -2.88. The third-order valence-electron chi connectivity index (χ3n) is 4.48. The maximum absolute atomic E-state index is 11.0. The Morgan fingerprint density at radius 3 is 2.35 bits per heavy atom. The van der Waals surface area contributed by atoms with Crippen LogP contribution in [-0.4, -0.2) is 10.5 Å². The van der Waals surface area contributed by atoms with E-state index in [-0.39, 0.29) is 5.97 Å². The minimum Gasteiger partial charge on any atom is -0.427 e. The van der Waals surface area contributed by atoms with E-state index in [2.05, 4.69) is 60.8 Å². The standard InChI is InChI=1S/C22H25N2O2/c1-16-11-17(2)22(18(3)12-16)14-24-10-9-23(15-24)13-20-5-7-21(8-6-20)26-19(4)25/h5-12,15H,13-14H2,1-4H3/q+1. The Bertz CT molecular complexity index is 901. The van der Waals surface area contributed by atoms with Gasteiger partial charge in [-0.15, -0.1) is 0 Å². The van der Waals surface area contributed by atoms with Gasteiger partial charge in [0.1, 0.15) is 31.2 Å². The molecule has 0 bridgehead atoms. The van der Waals surface area contributed by atoms with Gasteiger partial charge in [-0.05, 0) is 55.2 Å². The number of aryl methyl sites for hydroxylation is 3. The molecule has 3 rings (SSSR count). The molecule has 0 unspecified atom stereocenters. The quantitative estimate of drug-likeness (QED) is 0.400. The van der Waals surface area contributed by atoms with Crippen molar-refractivity contribution in [1.82, 2.24) is 4.57 Å². The molecule has 0 fully saturated rings. The molecule has 1 aromatic heterocycles. The van der Waals surface area contributed by atoms with Crippen LogP contribution in [0.25, 0.3) is 0 Å². The van der Waals surface area contributed by atoms with Crippen LogP contribution in [0.5, 0.6) is 5.75 Å². The van der Waals surface area contributed by atoms with Crippen LogP contribution in [-0.2, 0) is 17.9 Å². The number of benzene rings is 2. The summed E-state index contributed by atoms with van der Waals surface area (Å²) in [4.78, 5) is 11.0. The van der Waals surface area contributed by atoms with Crippen molar-refractivity contribution < 1.29 is 14.1 Å². The third-order valence-corrected chi connectivity index (χ3v) is 4.48. The van der Waals surface area contributed by atoms with E-state index in [1.165, 1.54) is 29.2 Å². The highest BCUT2D eigenvalue weighted by atomic mass is 16.5. The number of hydrogen-bond donors (Lipinski definition) is 0. The lowest BCUT2D eigenvalue weighted by molar-refractivity contribution is -0.687. The Labute approximate surface area is 154 Å². The van der Waals surface area contributed by atoms with Gasteiger partial charge in [0.05, 0.1) is 0 Å². The summed E-state index contributed by atoms with van der Waals surface area (Å²) in [5, 5.41) is 0. The molecule has 0 amide bonds. The first kappa shape index (κ1) is 17.9. The number of ether oxygens (including phenoxy) is 1. The second-order valence-electron chi connectivity index (χ2n) is 6.87. The first-order valence-corrected chi connectivity index (χ1v) is 8.79. The van der Waals surface area contributed by atoms with Crippen molar-refractivity contribution in [3.05, 3.63) is 82.9 Å². The summed E-state index contributed by atoms with van der Waals surface area (Å²) < 4.78 is 9.43. The molecule has 4 nitrogen and oxygen atoms in total. The molecule has 0 aliphatic rings. The van der Waals surface area contributed by atoms with Gasteiger partial charge in [-0.2, -0.15) is 0 Å². The minimum atomic E-state index is -0.300. The smallest absolute Gasteiger partial charge is 0.308 e. The van der Waals surface area contributed by atoms with Gasteiger partial charge in [-0.3, -0.25) is 4.79 Å². The van der Waals surface area contributed by atoms with E-state index in [9.17, 15) is 4.79 Å². The van der Waals surface area contributed by atoms with Crippen LogP contribution < -0.4 is 9.30 Å². The van der Waals surface area contributed by atoms with Crippen LogP contribution in [0, 0.1) is 20.8 Å². The highest BCUT2D eigenvalue weighted by molar-refractivity contribution is 5.69. The predicted molar refractivity (Wildman–Crippen MR) is 101 cm³/mol. The molecule has 3 aromatic rings. The lowest BCUT2D eigenvalue weighted by Crippen LogP contribution is -2.31. The third kappa shape index (κ3) is 4.39. The molecule has 0 saturated carbocycles. The molecule has 4 heteroatoms. The SMILES string of the molecule is CC(=O)Oc1ccc(C[n+]2ccn(Cc3c(C)cc(C)cc3C)c2)cc1. The number of nitrogens with zero attached hydrogens (tertiary/aromatic N) is 2. The van der Waals surface area contributed by atoms with Gasteiger partial charge in [-0.1, -0.05) is 29.8 Å². The zero-order chi connectivity index (χ0) is 18.7. The van der Waals surface area contributed by atoms with Crippen molar-refractivity contribution in [3.63, 3.8) is 0 Å². The second kappa shape index (κ2) is 7.56. The van der Waals surface area contributed by atoms with Crippen LogP contribution >= 0.6 is 0 Å². The van der Waals surface area contributed by atoms with Crippen molar-refractivity contribution in [2.75, 3.05) is 0 Å². The lowest BCUT2D eigenvalue weighted by Gasteiger charge is -2.09. The monoisotopic (exact) mass is 349 g/mol. The van der Waals surface area contributed by atoms with Gasteiger partial charge in [0.15, 0.2) is 0 Å². The Morgan fingerprint density at radius 2 is 1.73 bits per heavy atom. The van der Waals surface area contributed by atoms with Gasteiger partial charge in [0.25, 0.3) is 0 Å². The van der Waals surface area contributed by atoms with Crippen LogP contribution in [0.1, 0.15) is 34.7 Å². The topological polar surface area (TPSA) is 35.1 Å². The van der Waals surface area contributed by atoms with E-state index in [1.54, 1.807) is 0 Å². The fraction of sp³-hybridized carbons (Fsp3) is 0.273. The first-order valence-electron chi connectivity index (χ1n) is 8.79. The summed E-state index contributed by atoms with van der Waals surface area (Å²) in [5.41, 5.74) is 6.52. The number of carbonyl (C=O) groups excluding carboxylic acids is 1. The maximum Gasteiger partial charge on any atom is 0.308 e. The predicted octanol–water partition coefficient (Wildman–Crippen LogP) is 3.72. The lowest BCUT2D eigenvalue weighted by atomic mass is 10.00. The molecule has 0 atom stereocenters. The molecule has 0 spiro atoms. The highest BCUT2D eigenvalue weighted by Gasteiger charge is 2.10. The average molecular weight is 349 g/mol. The van der Waals surface area contributed by atoms with Crippen LogP contribution in [0.3, 0.4) is 0 Å². The number of rotatable bonds is 5. The van der Waals surface area contributed by atoms with Gasteiger partial charge >= 0.3 is 5.97 Å². The molecule has 0 saturated heterocycles. The molecule has 2 aromatic carbocycles. The van der Waals surface area contributed by atoms with Crippen molar-refractivity contribution in [2.24, 2.45) is 0 Å². The van der Waals surface area contributed by atoms with E-state index in [0.717, 1.165) is 18.7 Å². The van der Waals surface area contributed by atoms with Gasteiger partial charge in [0.2, 0.25) is 6.33 Å². The molecule has 26 heavy (non-hydrogen) atoms. The molecule has 1 heterocycles. The molecule has 0 N–H and O–H groups in total. The largest absolute Gasteiger partial charge is 0.427 e. The first-order chi connectivity index (χ1) is 12.4. The summed E-state index contributed by atoms with van der Waals surface area (Å²) in [6, 6.07) is 12.1. The number of aromatic nitrogens is 2. The number of carbonyl (C=O) groups is 1. The number of esters is 1. The van der Waals surface area contributed by atoms with E-state index in [1.807, 2.05) is 24.3 Å². The van der Waals surface area contributed by atoms with Crippen molar-refractivity contribution >= 4 is 5.97 Å². The van der Waals surface area contributed by atoms with E-state index in [0.29, 0.717) is 5.75 Å². The number of imidazole rings is 1. The fourth-order valence-corrected chi connectivity index (χ4v) is 3.31. The molecule has 0 aliphatic carbocycles.